The van der Waals surface area contributed by atoms with Crippen molar-refractivity contribution < 1.29 is 0 Å². The average molecular weight is 275 g/mol. The molecule has 2 rings (SSSR count). The number of nitriles is 1. The fourth-order valence-corrected chi connectivity index (χ4v) is 3.82. The number of aromatic nitrogens is 1. The highest BCUT2D eigenvalue weighted by molar-refractivity contribution is 7.99. The smallest absolute Gasteiger partial charge is 0.114 e. The molecule has 19 heavy (non-hydrogen) atoms. The number of rotatable bonds is 4. The number of thioether (sulfide) groups is 1. The highest BCUT2D eigenvalue weighted by Crippen LogP contribution is 2.26. The Hall–Kier alpha value is -1.05. The minimum absolute atomic E-state index is 0.712. The molecule has 0 aliphatic carbocycles. The van der Waals surface area contributed by atoms with Crippen molar-refractivity contribution in [1.29, 1.82) is 5.26 Å². The van der Waals surface area contributed by atoms with E-state index in [1.807, 2.05) is 19.9 Å². The van der Waals surface area contributed by atoms with Crippen LogP contribution in [0.1, 0.15) is 36.1 Å². The van der Waals surface area contributed by atoms with Gasteiger partial charge in [-0.1, -0.05) is 0 Å². The Labute approximate surface area is 120 Å². The summed E-state index contributed by atoms with van der Waals surface area (Å²) >= 11 is 1.73. The SMILES string of the molecule is Cc1cc(C)c(C#N)c(SCCC2CCCN2C)n1. The van der Waals surface area contributed by atoms with Gasteiger partial charge in [-0.15, -0.1) is 11.8 Å². The summed E-state index contributed by atoms with van der Waals surface area (Å²) in [6, 6.07) is 4.98. The van der Waals surface area contributed by atoms with E-state index in [1.54, 1.807) is 11.8 Å². The van der Waals surface area contributed by atoms with E-state index in [9.17, 15) is 5.26 Å². The lowest BCUT2D eigenvalue weighted by Crippen LogP contribution is -2.25. The Balaban J connectivity index is 1.98. The van der Waals surface area contributed by atoms with Crippen molar-refractivity contribution in [2.75, 3.05) is 19.3 Å². The third kappa shape index (κ3) is 3.49. The van der Waals surface area contributed by atoms with Gasteiger partial charge in [-0.3, -0.25) is 0 Å². The molecule has 102 valence electrons. The van der Waals surface area contributed by atoms with Crippen LogP contribution < -0.4 is 0 Å². The minimum Gasteiger partial charge on any atom is -0.303 e. The lowest BCUT2D eigenvalue weighted by molar-refractivity contribution is 0.305. The second-order valence-electron chi connectivity index (χ2n) is 5.29. The zero-order valence-corrected chi connectivity index (χ0v) is 12.8. The van der Waals surface area contributed by atoms with Crippen molar-refractivity contribution in [2.24, 2.45) is 0 Å². The topological polar surface area (TPSA) is 39.9 Å². The van der Waals surface area contributed by atoms with Gasteiger partial charge in [-0.05, 0) is 58.3 Å². The second-order valence-corrected chi connectivity index (χ2v) is 6.37. The third-order valence-corrected chi connectivity index (χ3v) is 4.79. The van der Waals surface area contributed by atoms with E-state index in [-0.39, 0.29) is 0 Å². The van der Waals surface area contributed by atoms with Gasteiger partial charge < -0.3 is 4.90 Å². The van der Waals surface area contributed by atoms with Crippen LogP contribution in [0.4, 0.5) is 0 Å². The molecule has 0 spiro atoms. The molecule has 1 aliphatic rings. The molecule has 1 aliphatic heterocycles. The highest BCUT2D eigenvalue weighted by atomic mass is 32.2. The van der Waals surface area contributed by atoms with E-state index in [2.05, 4.69) is 23.0 Å². The fourth-order valence-electron chi connectivity index (χ4n) is 2.68. The first-order valence-electron chi connectivity index (χ1n) is 6.83. The Morgan fingerprint density at radius 1 is 1.53 bits per heavy atom. The molecular weight excluding hydrogens is 254 g/mol. The molecule has 0 saturated carbocycles. The van der Waals surface area contributed by atoms with Gasteiger partial charge in [-0.2, -0.15) is 5.26 Å². The van der Waals surface area contributed by atoms with Crippen molar-refractivity contribution in [3.63, 3.8) is 0 Å². The molecule has 0 radical (unpaired) electrons. The average Bonchev–Trinajstić information content (AvgIpc) is 2.75. The van der Waals surface area contributed by atoms with Crippen LogP contribution in [-0.2, 0) is 0 Å². The Kier molecular flexibility index (Phi) is 4.84. The Bertz CT molecular complexity index is 493. The molecule has 3 nitrogen and oxygen atoms in total. The maximum atomic E-state index is 9.23. The zero-order valence-electron chi connectivity index (χ0n) is 11.9. The minimum atomic E-state index is 0.712. The summed E-state index contributed by atoms with van der Waals surface area (Å²) in [6.07, 6.45) is 3.81. The third-order valence-electron chi connectivity index (χ3n) is 3.78. The van der Waals surface area contributed by atoms with Gasteiger partial charge in [0.2, 0.25) is 0 Å². The maximum absolute atomic E-state index is 9.23. The first-order valence-corrected chi connectivity index (χ1v) is 7.81. The summed E-state index contributed by atoms with van der Waals surface area (Å²) in [7, 11) is 2.21. The molecule has 1 aromatic heterocycles. The van der Waals surface area contributed by atoms with E-state index < -0.39 is 0 Å². The number of pyridine rings is 1. The van der Waals surface area contributed by atoms with Crippen molar-refractivity contribution in [1.82, 2.24) is 9.88 Å². The van der Waals surface area contributed by atoms with Gasteiger partial charge in [0.1, 0.15) is 11.1 Å². The molecule has 0 N–H and O–H groups in total. The van der Waals surface area contributed by atoms with Crippen LogP contribution in [0, 0.1) is 25.2 Å². The van der Waals surface area contributed by atoms with E-state index >= 15 is 0 Å². The number of hydrogen-bond acceptors (Lipinski definition) is 4. The molecular formula is C15H21N3S. The second kappa shape index (κ2) is 6.40. The van der Waals surface area contributed by atoms with E-state index in [0.717, 1.165) is 27.6 Å². The van der Waals surface area contributed by atoms with Crippen molar-refractivity contribution in [2.45, 2.75) is 44.2 Å². The summed E-state index contributed by atoms with van der Waals surface area (Å²) in [4.78, 5) is 6.96. The summed E-state index contributed by atoms with van der Waals surface area (Å²) in [5.41, 5.74) is 2.78. The summed E-state index contributed by atoms with van der Waals surface area (Å²) < 4.78 is 0. The molecule has 4 heteroatoms. The van der Waals surface area contributed by atoms with Gasteiger partial charge in [0.05, 0.1) is 5.56 Å². The van der Waals surface area contributed by atoms with Gasteiger partial charge in [0.25, 0.3) is 0 Å². The Morgan fingerprint density at radius 3 is 2.95 bits per heavy atom. The van der Waals surface area contributed by atoms with Crippen molar-refractivity contribution in [3.8, 4) is 6.07 Å². The number of hydrogen-bond donors (Lipinski definition) is 0. The number of aryl methyl sites for hydroxylation is 2. The number of nitrogens with zero attached hydrogens (tertiary/aromatic N) is 3. The van der Waals surface area contributed by atoms with Crippen molar-refractivity contribution in [3.05, 3.63) is 22.9 Å². The lowest BCUT2D eigenvalue weighted by atomic mass is 10.1. The first kappa shape index (κ1) is 14.4. The van der Waals surface area contributed by atoms with Gasteiger partial charge in [0, 0.05) is 17.5 Å². The van der Waals surface area contributed by atoms with Gasteiger partial charge >= 0.3 is 0 Å². The number of likely N-dealkylation sites (tertiary alicyclic amines) is 1. The van der Waals surface area contributed by atoms with E-state index in [0.29, 0.717) is 6.04 Å². The molecule has 0 aromatic carbocycles. The van der Waals surface area contributed by atoms with Crippen LogP contribution >= 0.6 is 11.8 Å². The van der Waals surface area contributed by atoms with Gasteiger partial charge in [-0.25, -0.2) is 4.98 Å². The molecule has 1 atom stereocenters. The van der Waals surface area contributed by atoms with E-state index in [1.165, 1.54) is 25.8 Å². The van der Waals surface area contributed by atoms with Crippen LogP contribution in [0.3, 0.4) is 0 Å². The van der Waals surface area contributed by atoms with Crippen molar-refractivity contribution >= 4 is 11.8 Å². The first-order chi connectivity index (χ1) is 9.11. The Morgan fingerprint density at radius 2 is 2.32 bits per heavy atom. The van der Waals surface area contributed by atoms with Gasteiger partial charge in [0.15, 0.2) is 0 Å². The standard InChI is InChI=1S/C15H21N3S/c1-11-9-12(2)17-15(14(11)10-16)19-8-6-13-5-4-7-18(13)3/h9,13H,4-8H2,1-3H3. The van der Waals surface area contributed by atoms with Crippen LogP contribution in [0.15, 0.2) is 11.1 Å². The summed E-state index contributed by atoms with van der Waals surface area (Å²) in [5, 5.41) is 10.1. The summed E-state index contributed by atoms with van der Waals surface area (Å²) in [5.74, 6) is 1.04. The van der Waals surface area contributed by atoms with E-state index in [4.69, 9.17) is 0 Å². The summed E-state index contributed by atoms with van der Waals surface area (Å²) in [6.45, 7) is 5.20. The fraction of sp³-hybridized carbons (Fsp3) is 0.600. The zero-order chi connectivity index (χ0) is 13.8. The normalized spacial score (nSPS) is 19.6. The molecule has 1 aromatic rings. The van der Waals surface area contributed by atoms with Crippen LogP contribution in [0.5, 0.6) is 0 Å². The van der Waals surface area contributed by atoms with Crippen LogP contribution in [0.2, 0.25) is 0 Å². The monoisotopic (exact) mass is 275 g/mol. The molecule has 2 heterocycles. The quantitative estimate of drug-likeness (QED) is 0.791. The molecule has 0 bridgehead atoms. The highest BCUT2D eigenvalue weighted by Gasteiger charge is 2.20. The molecule has 1 unspecified atom stereocenters. The van der Waals surface area contributed by atoms with Crippen LogP contribution in [0.25, 0.3) is 0 Å². The predicted molar refractivity (Wildman–Crippen MR) is 79.4 cm³/mol. The molecule has 1 fully saturated rings. The largest absolute Gasteiger partial charge is 0.303 e. The maximum Gasteiger partial charge on any atom is 0.114 e. The molecule has 1 saturated heterocycles. The lowest BCUT2D eigenvalue weighted by Gasteiger charge is -2.18. The molecule has 0 amide bonds. The predicted octanol–water partition coefficient (Wildman–Crippen LogP) is 3.15. The van der Waals surface area contributed by atoms with Crippen LogP contribution in [-0.4, -0.2) is 35.3 Å².